The Morgan fingerprint density at radius 1 is 1.26 bits per heavy atom. The summed E-state index contributed by atoms with van der Waals surface area (Å²) < 4.78 is 13.4. The fourth-order valence-corrected chi connectivity index (χ4v) is 4.79. The van der Waals surface area contributed by atoms with E-state index < -0.39 is 6.09 Å². The summed E-state index contributed by atoms with van der Waals surface area (Å²) in [6, 6.07) is 13.4. The molecule has 35 heavy (non-hydrogen) atoms. The molecule has 1 atom stereocenters. The van der Waals surface area contributed by atoms with E-state index in [2.05, 4.69) is 16.5 Å². The van der Waals surface area contributed by atoms with E-state index >= 15 is 0 Å². The molecule has 1 amide bonds. The fourth-order valence-electron chi connectivity index (χ4n) is 4.61. The zero-order valence-corrected chi connectivity index (χ0v) is 20.3. The van der Waals surface area contributed by atoms with Crippen LogP contribution in [0.25, 0.3) is 10.9 Å². The number of allylic oxidation sites excluding steroid dienone is 1. The summed E-state index contributed by atoms with van der Waals surface area (Å²) in [4.78, 5) is 22.3. The highest BCUT2D eigenvalue weighted by atomic mass is 35.5. The topological polar surface area (TPSA) is 72.4 Å². The lowest BCUT2D eigenvalue weighted by Crippen LogP contribution is -2.40. The van der Waals surface area contributed by atoms with E-state index in [1.807, 2.05) is 53.2 Å². The number of benzene rings is 2. The second kappa shape index (κ2) is 9.88. The number of hydrogen-bond donors (Lipinski definition) is 1. The number of H-pyrrole nitrogens is 1. The van der Waals surface area contributed by atoms with Crippen molar-refractivity contribution in [3.05, 3.63) is 95.4 Å². The molecule has 8 heteroatoms. The number of carbonyl (C=O) groups is 1. The largest absolute Gasteiger partial charge is 0.494 e. The number of nitrogens with zero attached hydrogens (tertiary/aromatic N) is 3. The molecule has 2 aromatic heterocycles. The highest BCUT2D eigenvalue weighted by Crippen LogP contribution is 2.40. The highest BCUT2D eigenvalue weighted by Gasteiger charge is 2.35. The van der Waals surface area contributed by atoms with Gasteiger partial charge in [-0.25, -0.2) is 9.78 Å². The second-order valence-corrected chi connectivity index (χ2v) is 9.13. The van der Waals surface area contributed by atoms with E-state index in [0.717, 1.165) is 40.9 Å². The van der Waals surface area contributed by atoms with Gasteiger partial charge >= 0.3 is 6.09 Å². The van der Waals surface area contributed by atoms with Crippen LogP contribution < -0.4 is 4.74 Å². The van der Waals surface area contributed by atoms with Crippen LogP contribution in [0, 0.1) is 0 Å². The molecule has 0 aliphatic carbocycles. The smallest absolute Gasteiger partial charge is 0.415 e. The quantitative estimate of drug-likeness (QED) is 0.251. The molecule has 0 bridgehead atoms. The molecule has 7 nitrogen and oxygen atoms in total. The molecule has 4 aromatic rings. The van der Waals surface area contributed by atoms with Crippen LogP contribution in [0.4, 0.5) is 4.79 Å². The average Bonchev–Trinajstić information content (AvgIpc) is 3.49. The summed E-state index contributed by atoms with van der Waals surface area (Å²) in [5.41, 5.74) is 4.11. The van der Waals surface area contributed by atoms with Crippen molar-refractivity contribution < 1.29 is 14.3 Å². The summed E-state index contributed by atoms with van der Waals surface area (Å²) >= 11 is 6.28. The van der Waals surface area contributed by atoms with E-state index in [-0.39, 0.29) is 6.04 Å². The van der Waals surface area contributed by atoms with Gasteiger partial charge in [-0.2, -0.15) is 0 Å². The van der Waals surface area contributed by atoms with E-state index in [9.17, 15) is 4.79 Å². The number of nitrogens with one attached hydrogen (secondary N) is 1. The van der Waals surface area contributed by atoms with Gasteiger partial charge in [0.25, 0.3) is 0 Å². The molecule has 1 unspecified atom stereocenters. The van der Waals surface area contributed by atoms with Crippen molar-refractivity contribution >= 4 is 28.6 Å². The number of ether oxygens (including phenoxy) is 2. The molecule has 180 valence electrons. The Morgan fingerprint density at radius 2 is 2.09 bits per heavy atom. The van der Waals surface area contributed by atoms with Gasteiger partial charge in [-0.1, -0.05) is 30.3 Å². The number of halogens is 1. The first-order valence-electron chi connectivity index (χ1n) is 11.6. The van der Waals surface area contributed by atoms with Crippen molar-refractivity contribution in [3.8, 4) is 5.75 Å². The number of rotatable bonds is 7. The van der Waals surface area contributed by atoms with Gasteiger partial charge in [0.15, 0.2) is 0 Å². The predicted molar refractivity (Wildman–Crippen MR) is 136 cm³/mol. The van der Waals surface area contributed by atoms with Crippen LogP contribution in [0.15, 0.2) is 73.5 Å². The van der Waals surface area contributed by atoms with E-state index in [0.29, 0.717) is 30.4 Å². The Balaban J connectivity index is 1.40. The SMILES string of the molecule is C=C(C)OC(=O)N1CCc2c([nH]c3ccc(Cl)cc23)C1c1ccc(OCCCn2ccnc2)cc1. The average molecular weight is 491 g/mol. The lowest BCUT2D eigenvalue weighted by Gasteiger charge is -2.35. The van der Waals surface area contributed by atoms with Crippen LogP contribution in [0.5, 0.6) is 5.75 Å². The molecule has 1 N–H and O–H groups in total. The van der Waals surface area contributed by atoms with Crippen LogP contribution in [0.1, 0.15) is 36.2 Å². The maximum atomic E-state index is 13.0. The van der Waals surface area contributed by atoms with Gasteiger partial charge in [0.2, 0.25) is 0 Å². The minimum atomic E-state index is -0.412. The first kappa shape index (κ1) is 23.1. The summed E-state index contributed by atoms with van der Waals surface area (Å²) in [6.07, 6.45) is 6.68. The van der Waals surface area contributed by atoms with Gasteiger partial charge in [0, 0.05) is 47.1 Å². The van der Waals surface area contributed by atoms with Gasteiger partial charge in [0.05, 0.1) is 18.7 Å². The monoisotopic (exact) mass is 490 g/mol. The normalized spacial score (nSPS) is 15.1. The summed E-state index contributed by atoms with van der Waals surface area (Å²) in [5, 5.41) is 1.78. The van der Waals surface area contributed by atoms with E-state index in [1.54, 1.807) is 24.3 Å². The van der Waals surface area contributed by atoms with Crippen molar-refractivity contribution in [2.45, 2.75) is 32.4 Å². The lowest BCUT2D eigenvalue weighted by molar-refractivity contribution is 0.113. The van der Waals surface area contributed by atoms with Crippen molar-refractivity contribution in [3.63, 3.8) is 0 Å². The Labute approximate surface area is 208 Å². The number of carbonyl (C=O) groups excluding carboxylic acids is 1. The zero-order valence-electron chi connectivity index (χ0n) is 19.5. The zero-order chi connectivity index (χ0) is 24.4. The number of aromatic nitrogens is 3. The Kier molecular flexibility index (Phi) is 6.51. The molecule has 1 aliphatic rings. The van der Waals surface area contributed by atoms with Crippen LogP contribution in [0.3, 0.4) is 0 Å². The van der Waals surface area contributed by atoms with Crippen LogP contribution in [0.2, 0.25) is 5.02 Å². The predicted octanol–water partition coefficient (Wildman–Crippen LogP) is 6.10. The number of aryl methyl sites for hydroxylation is 1. The lowest BCUT2D eigenvalue weighted by atomic mass is 9.92. The number of aromatic amines is 1. The molecule has 2 aromatic carbocycles. The summed E-state index contributed by atoms with van der Waals surface area (Å²) in [6.45, 7) is 7.38. The standard InChI is InChI=1S/C27H27ClN4O3/c1-18(2)35-27(33)32-13-10-22-23-16-20(28)6-9-24(23)30-25(22)26(32)19-4-7-21(8-5-19)34-15-3-12-31-14-11-29-17-31/h4-9,11,14,16-17,26,30H,1,3,10,12-13,15H2,2H3. The fraction of sp³-hybridized carbons (Fsp3) is 0.259. The minimum absolute atomic E-state index is 0.327. The van der Waals surface area contributed by atoms with Gasteiger partial charge in [-0.05, 0) is 61.2 Å². The number of hydrogen-bond acceptors (Lipinski definition) is 4. The molecule has 1 aliphatic heterocycles. The Hall–Kier alpha value is -3.71. The minimum Gasteiger partial charge on any atom is -0.494 e. The van der Waals surface area contributed by atoms with E-state index in [4.69, 9.17) is 21.1 Å². The first-order valence-corrected chi connectivity index (χ1v) is 12.0. The molecular formula is C27H27ClN4O3. The Bertz CT molecular complexity index is 1350. The van der Waals surface area contributed by atoms with Gasteiger partial charge in [-0.3, -0.25) is 4.90 Å². The molecule has 0 saturated carbocycles. The van der Waals surface area contributed by atoms with Crippen molar-refractivity contribution in [1.82, 2.24) is 19.4 Å². The van der Waals surface area contributed by atoms with Gasteiger partial charge in [-0.15, -0.1) is 0 Å². The van der Waals surface area contributed by atoms with E-state index in [1.165, 1.54) is 5.56 Å². The number of imidazole rings is 1. The number of fused-ring (bicyclic) bond motifs is 3. The third-order valence-electron chi connectivity index (χ3n) is 6.17. The van der Waals surface area contributed by atoms with Gasteiger partial charge in [0.1, 0.15) is 11.8 Å². The maximum Gasteiger partial charge on any atom is 0.415 e. The molecule has 0 radical (unpaired) electrons. The van der Waals surface area contributed by atoms with Crippen LogP contribution in [-0.2, 0) is 17.7 Å². The molecule has 0 saturated heterocycles. The third-order valence-corrected chi connectivity index (χ3v) is 6.40. The van der Waals surface area contributed by atoms with Crippen molar-refractivity contribution in [2.75, 3.05) is 13.2 Å². The van der Waals surface area contributed by atoms with Crippen molar-refractivity contribution in [1.29, 1.82) is 0 Å². The number of amides is 1. The van der Waals surface area contributed by atoms with Crippen LogP contribution in [-0.4, -0.2) is 38.7 Å². The maximum absolute atomic E-state index is 13.0. The molecule has 3 heterocycles. The molecule has 0 fully saturated rings. The third kappa shape index (κ3) is 4.91. The second-order valence-electron chi connectivity index (χ2n) is 8.69. The molecular weight excluding hydrogens is 464 g/mol. The molecule has 5 rings (SSSR count). The molecule has 0 spiro atoms. The summed E-state index contributed by atoms with van der Waals surface area (Å²) in [7, 11) is 0. The highest BCUT2D eigenvalue weighted by molar-refractivity contribution is 6.31. The van der Waals surface area contributed by atoms with Crippen LogP contribution >= 0.6 is 11.6 Å². The summed E-state index contributed by atoms with van der Waals surface area (Å²) in [5.74, 6) is 1.15. The Morgan fingerprint density at radius 3 is 2.83 bits per heavy atom. The van der Waals surface area contributed by atoms with Crippen molar-refractivity contribution in [2.24, 2.45) is 0 Å². The van der Waals surface area contributed by atoms with Gasteiger partial charge < -0.3 is 19.0 Å². The first-order chi connectivity index (χ1) is 17.0.